The third-order valence-electron chi connectivity index (χ3n) is 3.37. The normalized spacial score (nSPS) is 12.1. The van der Waals surface area contributed by atoms with Crippen LogP contribution in [0.15, 0.2) is 29.2 Å². The Morgan fingerprint density at radius 1 is 1.14 bits per heavy atom. The maximum Gasteiger partial charge on any atom is 0.0880 e. The summed E-state index contributed by atoms with van der Waals surface area (Å²) in [5.74, 6) is 0. The molecule has 1 aromatic rings. The highest BCUT2D eigenvalue weighted by molar-refractivity contribution is 5.06. The minimum Gasteiger partial charge on any atom is -0.252 e. The van der Waals surface area contributed by atoms with Crippen molar-refractivity contribution in [2.45, 2.75) is 71.3 Å². The Bertz CT molecular complexity index is 428. The Morgan fingerprint density at radius 2 is 1.81 bits per heavy atom. The fourth-order valence-corrected chi connectivity index (χ4v) is 2.03. The zero-order valence-corrected chi connectivity index (χ0v) is 13.8. The number of aromatic nitrogens is 3. The highest BCUT2D eigenvalue weighted by atomic mass is 15.4. The minimum atomic E-state index is 0.0845. The van der Waals surface area contributed by atoms with Crippen LogP contribution >= 0.6 is 0 Å². The molecule has 0 aliphatic carbocycles. The summed E-state index contributed by atoms with van der Waals surface area (Å²) >= 11 is 0. The summed E-state index contributed by atoms with van der Waals surface area (Å²) in [4.78, 5) is 0. The lowest BCUT2D eigenvalue weighted by molar-refractivity contribution is 0.514. The standard InChI is InChI=1S/C16H29N5/c1-5-17-18-12-10-8-6-7-9-11-13-21-14-15(19-20-21)16(2,3)4/h5,14H,1,6-13H2,2-4H3. The van der Waals surface area contributed by atoms with Gasteiger partial charge in [0.15, 0.2) is 0 Å². The number of hydrogen-bond donors (Lipinski definition) is 0. The largest absolute Gasteiger partial charge is 0.252 e. The van der Waals surface area contributed by atoms with E-state index in [1.54, 1.807) is 0 Å². The Labute approximate surface area is 128 Å². The molecule has 1 aromatic heterocycles. The lowest BCUT2D eigenvalue weighted by Crippen LogP contribution is -2.11. The fraction of sp³-hybridized carbons (Fsp3) is 0.750. The van der Waals surface area contributed by atoms with Gasteiger partial charge in [0.25, 0.3) is 0 Å². The first-order chi connectivity index (χ1) is 10.0. The second-order valence-corrected chi connectivity index (χ2v) is 6.40. The van der Waals surface area contributed by atoms with E-state index in [1.165, 1.54) is 38.3 Å². The van der Waals surface area contributed by atoms with Crippen molar-refractivity contribution in [3.05, 3.63) is 24.7 Å². The summed E-state index contributed by atoms with van der Waals surface area (Å²) in [6, 6.07) is 0. The zero-order chi connectivity index (χ0) is 15.6. The predicted octanol–water partition coefficient (Wildman–Crippen LogP) is 4.51. The van der Waals surface area contributed by atoms with Crippen molar-refractivity contribution >= 4 is 0 Å². The molecule has 0 aliphatic heterocycles. The van der Waals surface area contributed by atoms with Gasteiger partial charge in [-0.25, -0.2) is 0 Å². The van der Waals surface area contributed by atoms with Gasteiger partial charge in [-0.15, -0.1) is 5.10 Å². The average molecular weight is 291 g/mol. The predicted molar refractivity (Wildman–Crippen MR) is 86.3 cm³/mol. The Hall–Kier alpha value is -1.52. The number of azo groups is 1. The van der Waals surface area contributed by atoms with Gasteiger partial charge in [0.05, 0.1) is 12.2 Å². The lowest BCUT2D eigenvalue weighted by Gasteiger charge is -2.12. The molecule has 0 aliphatic rings. The topological polar surface area (TPSA) is 55.4 Å². The first-order valence-electron chi connectivity index (χ1n) is 7.92. The molecule has 1 rings (SSSR count). The number of nitrogens with zero attached hydrogens (tertiary/aromatic N) is 5. The molecule has 1 heterocycles. The highest BCUT2D eigenvalue weighted by Crippen LogP contribution is 2.18. The molecule has 0 spiro atoms. The van der Waals surface area contributed by atoms with Crippen molar-refractivity contribution in [3.63, 3.8) is 0 Å². The summed E-state index contributed by atoms with van der Waals surface area (Å²) in [5, 5.41) is 16.2. The zero-order valence-electron chi connectivity index (χ0n) is 13.8. The summed E-state index contributed by atoms with van der Waals surface area (Å²) in [7, 11) is 0. The third kappa shape index (κ3) is 7.73. The van der Waals surface area contributed by atoms with Crippen LogP contribution in [0.5, 0.6) is 0 Å². The quantitative estimate of drug-likeness (QED) is 0.470. The molecule has 0 saturated heterocycles. The highest BCUT2D eigenvalue weighted by Gasteiger charge is 2.17. The summed E-state index contributed by atoms with van der Waals surface area (Å²) in [5.41, 5.74) is 1.15. The molecule has 0 radical (unpaired) electrons. The second-order valence-electron chi connectivity index (χ2n) is 6.40. The van der Waals surface area contributed by atoms with E-state index in [-0.39, 0.29) is 5.41 Å². The van der Waals surface area contributed by atoms with Crippen molar-refractivity contribution in [3.8, 4) is 0 Å². The summed E-state index contributed by atoms with van der Waals surface area (Å²) in [6.07, 6.45) is 10.9. The van der Waals surface area contributed by atoms with E-state index in [0.717, 1.165) is 25.2 Å². The van der Waals surface area contributed by atoms with Gasteiger partial charge in [-0.2, -0.15) is 10.2 Å². The molecule has 5 heteroatoms. The second kappa shape index (κ2) is 9.42. The lowest BCUT2D eigenvalue weighted by atomic mass is 9.93. The number of aryl methyl sites for hydroxylation is 1. The first-order valence-corrected chi connectivity index (χ1v) is 7.92. The van der Waals surface area contributed by atoms with Crippen molar-refractivity contribution in [1.82, 2.24) is 15.0 Å². The van der Waals surface area contributed by atoms with Gasteiger partial charge < -0.3 is 0 Å². The van der Waals surface area contributed by atoms with E-state index in [0.29, 0.717) is 0 Å². The van der Waals surface area contributed by atoms with Gasteiger partial charge >= 0.3 is 0 Å². The number of unbranched alkanes of at least 4 members (excludes halogenated alkanes) is 5. The van der Waals surface area contributed by atoms with Gasteiger partial charge in [0, 0.05) is 24.4 Å². The molecule has 0 atom stereocenters. The van der Waals surface area contributed by atoms with Crippen LogP contribution in [-0.4, -0.2) is 21.5 Å². The van der Waals surface area contributed by atoms with E-state index in [1.807, 2.05) is 4.68 Å². The number of rotatable bonds is 10. The number of hydrogen-bond acceptors (Lipinski definition) is 4. The van der Waals surface area contributed by atoms with Crippen LogP contribution in [-0.2, 0) is 12.0 Å². The van der Waals surface area contributed by atoms with Gasteiger partial charge in [-0.3, -0.25) is 4.68 Å². The molecule has 5 nitrogen and oxygen atoms in total. The summed E-state index contributed by atoms with van der Waals surface area (Å²) in [6.45, 7) is 11.8. The molecule has 0 bridgehead atoms. The Balaban J connectivity index is 2.03. The molecule has 0 unspecified atom stereocenters. The van der Waals surface area contributed by atoms with Crippen molar-refractivity contribution < 1.29 is 0 Å². The fourth-order valence-electron chi connectivity index (χ4n) is 2.03. The van der Waals surface area contributed by atoms with E-state index in [4.69, 9.17) is 0 Å². The van der Waals surface area contributed by atoms with Crippen molar-refractivity contribution in [1.29, 1.82) is 0 Å². The maximum atomic E-state index is 4.24. The van der Waals surface area contributed by atoms with E-state index < -0.39 is 0 Å². The van der Waals surface area contributed by atoms with Crippen molar-refractivity contribution in [2.75, 3.05) is 6.54 Å². The van der Waals surface area contributed by atoms with E-state index >= 15 is 0 Å². The maximum absolute atomic E-state index is 4.24. The molecule has 0 aromatic carbocycles. The molecule has 0 N–H and O–H groups in total. The van der Waals surface area contributed by atoms with E-state index in [9.17, 15) is 0 Å². The van der Waals surface area contributed by atoms with Gasteiger partial charge in [0.1, 0.15) is 0 Å². The van der Waals surface area contributed by atoms with Crippen LogP contribution in [0.1, 0.15) is 65.0 Å². The SMILES string of the molecule is C=CN=NCCCCCCCCn1cc(C(C)(C)C)nn1. The molecule has 0 amide bonds. The Morgan fingerprint density at radius 3 is 2.43 bits per heavy atom. The van der Waals surface area contributed by atoms with Crippen LogP contribution in [0.25, 0.3) is 0 Å². The van der Waals surface area contributed by atoms with Crippen molar-refractivity contribution in [2.24, 2.45) is 10.2 Å². The van der Waals surface area contributed by atoms with Crippen LogP contribution in [0.4, 0.5) is 0 Å². The van der Waals surface area contributed by atoms with Gasteiger partial charge in [-0.05, 0) is 12.8 Å². The van der Waals surface area contributed by atoms with Gasteiger partial charge in [-0.1, -0.05) is 58.2 Å². The third-order valence-corrected chi connectivity index (χ3v) is 3.37. The molecule has 0 fully saturated rings. The van der Waals surface area contributed by atoms with Crippen LogP contribution in [0, 0.1) is 0 Å². The smallest absolute Gasteiger partial charge is 0.0880 e. The van der Waals surface area contributed by atoms with Crippen LogP contribution < -0.4 is 0 Å². The summed E-state index contributed by atoms with van der Waals surface area (Å²) < 4.78 is 1.97. The Kier molecular flexibility index (Phi) is 7.87. The van der Waals surface area contributed by atoms with Crippen LogP contribution in [0.3, 0.4) is 0 Å². The molecular weight excluding hydrogens is 262 g/mol. The molecule has 118 valence electrons. The minimum absolute atomic E-state index is 0.0845. The molecular formula is C16H29N5. The van der Waals surface area contributed by atoms with E-state index in [2.05, 4.69) is 54.1 Å². The first kappa shape index (κ1) is 17.5. The molecule has 21 heavy (non-hydrogen) atoms. The molecule has 0 saturated carbocycles. The average Bonchev–Trinajstić information content (AvgIpc) is 2.90. The van der Waals surface area contributed by atoms with Gasteiger partial charge in [0.2, 0.25) is 0 Å². The monoisotopic (exact) mass is 291 g/mol. The van der Waals surface area contributed by atoms with Crippen LogP contribution in [0.2, 0.25) is 0 Å².